The molecule has 2 atom stereocenters. The Labute approximate surface area is 161 Å². The predicted molar refractivity (Wildman–Crippen MR) is 96.2 cm³/mol. The zero-order valence-corrected chi connectivity index (χ0v) is 15.5. The van der Waals surface area contributed by atoms with Gasteiger partial charge in [-0.2, -0.15) is 13.2 Å². The number of carbonyl (C=O) groups is 1. The topological polar surface area (TPSA) is 66.3 Å². The third-order valence-electron chi connectivity index (χ3n) is 4.92. The van der Waals surface area contributed by atoms with Gasteiger partial charge in [0.2, 0.25) is 5.91 Å². The van der Waals surface area contributed by atoms with Crippen molar-refractivity contribution in [1.82, 2.24) is 14.9 Å². The molecule has 1 aliphatic rings. The van der Waals surface area contributed by atoms with E-state index in [4.69, 9.17) is 0 Å². The Hall–Kier alpha value is -2.48. The molecular weight excluding hydrogens is 371 g/mol. The molecule has 1 aliphatic carbocycles. The second-order valence-corrected chi connectivity index (χ2v) is 7.03. The van der Waals surface area contributed by atoms with E-state index in [9.17, 15) is 23.1 Å². The average molecular weight is 393 g/mol. The number of rotatable bonds is 6. The second-order valence-electron chi connectivity index (χ2n) is 7.03. The first-order valence-electron chi connectivity index (χ1n) is 9.21. The molecule has 0 saturated heterocycles. The monoisotopic (exact) mass is 393 g/mol. The Bertz CT molecular complexity index is 827. The number of pyridine rings is 2. The highest BCUT2D eigenvalue weighted by molar-refractivity contribution is 5.80. The van der Waals surface area contributed by atoms with Gasteiger partial charge in [0.05, 0.1) is 12.6 Å². The van der Waals surface area contributed by atoms with Gasteiger partial charge in [0.15, 0.2) is 0 Å². The van der Waals surface area contributed by atoms with Gasteiger partial charge in [-0.3, -0.25) is 14.8 Å². The lowest BCUT2D eigenvalue weighted by atomic mass is 10.0. The summed E-state index contributed by atoms with van der Waals surface area (Å²) in [4.78, 5) is 22.1. The van der Waals surface area contributed by atoms with Crippen LogP contribution < -0.4 is 0 Å². The maximum atomic E-state index is 13.0. The molecule has 0 aliphatic heterocycles. The molecule has 1 N–H and O–H groups in total. The molecule has 3 rings (SSSR count). The highest BCUT2D eigenvalue weighted by atomic mass is 19.4. The van der Waals surface area contributed by atoms with E-state index in [1.165, 1.54) is 6.20 Å². The van der Waals surface area contributed by atoms with Crippen molar-refractivity contribution in [2.45, 2.75) is 38.5 Å². The van der Waals surface area contributed by atoms with Crippen molar-refractivity contribution in [1.29, 1.82) is 0 Å². The van der Waals surface area contributed by atoms with Crippen LogP contribution in [0.3, 0.4) is 0 Å². The van der Waals surface area contributed by atoms with Crippen LogP contribution in [0.25, 0.3) is 0 Å². The van der Waals surface area contributed by atoms with Crippen LogP contribution in [0.15, 0.2) is 36.8 Å². The van der Waals surface area contributed by atoms with Crippen LogP contribution in [0.2, 0.25) is 0 Å². The zero-order valence-electron chi connectivity index (χ0n) is 15.5. The summed E-state index contributed by atoms with van der Waals surface area (Å²) in [5, 5.41) is 10.4. The largest absolute Gasteiger partial charge is 0.433 e. The number of fused-ring (bicyclic) bond motifs is 1. The first-order valence-corrected chi connectivity index (χ1v) is 9.21. The van der Waals surface area contributed by atoms with Crippen molar-refractivity contribution in [3.8, 4) is 0 Å². The Morgan fingerprint density at radius 2 is 2.07 bits per heavy atom. The van der Waals surface area contributed by atoms with Crippen LogP contribution in [0, 0.1) is 5.92 Å². The third-order valence-corrected chi connectivity index (χ3v) is 4.92. The molecule has 8 heteroatoms. The molecule has 150 valence electrons. The highest BCUT2D eigenvalue weighted by Crippen LogP contribution is 2.33. The van der Waals surface area contributed by atoms with Gasteiger partial charge in [0, 0.05) is 36.6 Å². The van der Waals surface area contributed by atoms with E-state index in [2.05, 4.69) is 9.97 Å². The molecule has 0 bridgehead atoms. The molecule has 1 amide bonds. The quantitative estimate of drug-likeness (QED) is 0.819. The molecular formula is C20H22F3N3O2. The lowest BCUT2D eigenvalue weighted by molar-refractivity contribution is -0.141. The van der Waals surface area contributed by atoms with Crippen LogP contribution >= 0.6 is 0 Å². The first kappa shape index (κ1) is 20.3. The minimum Gasteiger partial charge on any atom is -0.386 e. The molecule has 0 radical (unpaired) electrons. The minimum atomic E-state index is -4.50. The van der Waals surface area contributed by atoms with E-state index in [0.29, 0.717) is 36.1 Å². The van der Waals surface area contributed by atoms with Gasteiger partial charge in [0.25, 0.3) is 0 Å². The fourth-order valence-electron chi connectivity index (χ4n) is 3.54. The number of hydrogen-bond donors (Lipinski definition) is 1. The van der Waals surface area contributed by atoms with Crippen LogP contribution in [-0.4, -0.2) is 39.0 Å². The number of carbonyl (C=O) groups excluding carboxylic acids is 1. The van der Waals surface area contributed by atoms with Crippen molar-refractivity contribution in [2.75, 3.05) is 13.1 Å². The molecule has 28 heavy (non-hydrogen) atoms. The summed E-state index contributed by atoms with van der Waals surface area (Å²) >= 11 is 0. The minimum absolute atomic E-state index is 0.122. The number of aliphatic hydroxyl groups excluding tert-OH is 1. The molecule has 0 fully saturated rings. The summed E-state index contributed by atoms with van der Waals surface area (Å²) in [6, 6.07) is 4.49. The molecule has 2 aromatic rings. The van der Waals surface area contributed by atoms with Crippen molar-refractivity contribution in [2.24, 2.45) is 5.92 Å². The second kappa shape index (κ2) is 8.26. The van der Waals surface area contributed by atoms with E-state index in [1.807, 2.05) is 6.92 Å². The SMILES string of the molecule is CCCN(C[C@@H](O)c1cccnc1)C(=O)C1Cc2cnc(C(F)(F)F)cc2C1. The molecule has 1 unspecified atom stereocenters. The summed E-state index contributed by atoms with van der Waals surface area (Å²) < 4.78 is 38.6. The number of amides is 1. The standard InChI is InChI=1S/C20H22F3N3O2/c1-2-6-26(12-17(27)13-4-3-5-24-10-13)19(28)15-7-14-9-18(20(21,22)23)25-11-16(14)8-15/h3-5,9-11,15,17,27H,2,6-8,12H2,1H3/t15?,17-/m1/s1. The smallest absolute Gasteiger partial charge is 0.386 e. The Kier molecular flexibility index (Phi) is 5.98. The van der Waals surface area contributed by atoms with Crippen LogP contribution in [-0.2, 0) is 23.8 Å². The molecule has 5 nitrogen and oxygen atoms in total. The zero-order chi connectivity index (χ0) is 20.3. The lowest BCUT2D eigenvalue weighted by Gasteiger charge is -2.27. The normalized spacial score (nSPS) is 17.2. The highest BCUT2D eigenvalue weighted by Gasteiger charge is 2.36. The van der Waals surface area contributed by atoms with Crippen LogP contribution in [0.1, 0.15) is 41.8 Å². The van der Waals surface area contributed by atoms with E-state index in [0.717, 1.165) is 6.07 Å². The fraction of sp³-hybridized carbons (Fsp3) is 0.450. The summed E-state index contributed by atoms with van der Waals surface area (Å²) in [6.07, 6.45) is 0.334. The Morgan fingerprint density at radius 3 is 2.71 bits per heavy atom. The van der Waals surface area contributed by atoms with Gasteiger partial charge in [-0.05, 0) is 42.5 Å². The van der Waals surface area contributed by atoms with E-state index in [1.54, 1.807) is 29.4 Å². The molecule has 0 saturated carbocycles. The van der Waals surface area contributed by atoms with Crippen molar-refractivity contribution in [3.05, 3.63) is 59.2 Å². The Morgan fingerprint density at radius 1 is 1.32 bits per heavy atom. The molecule has 0 aromatic carbocycles. The maximum Gasteiger partial charge on any atom is 0.433 e. The number of alkyl halides is 3. The van der Waals surface area contributed by atoms with Gasteiger partial charge < -0.3 is 10.0 Å². The summed E-state index contributed by atoms with van der Waals surface area (Å²) in [7, 11) is 0. The third kappa shape index (κ3) is 4.49. The number of hydrogen-bond acceptors (Lipinski definition) is 4. The lowest BCUT2D eigenvalue weighted by Crippen LogP contribution is -2.39. The van der Waals surface area contributed by atoms with Gasteiger partial charge in [-0.1, -0.05) is 13.0 Å². The van der Waals surface area contributed by atoms with Gasteiger partial charge in [0.1, 0.15) is 5.69 Å². The van der Waals surface area contributed by atoms with Crippen molar-refractivity contribution >= 4 is 5.91 Å². The van der Waals surface area contributed by atoms with Gasteiger partial charge in [-0.15, -0.1) is 0 Å². The summed E-state index contributed by atoms with van der Waals surface area (Å²) in [5.74, 6) is -0.595. The average Bonchev–Trinajstić information content (AvgIpc) is 3.10. The van der Waals surface area contributed by atoms with Crippen LogP contribution in [0.4, 0.5) is 13.2 Å². The number of aliphatic hydroxyl groups is 1. The van der Waals surface area contributed by atoms with Gasteiger partial charge >= 0.3 is 6.18 Å². The molecule has 2 aromatic heterocycles. The predicted octanol–water partition coefficient (Wildman–Crippen LogP) is 3.18. The summed E-state index contributed by atoms with van der Waals surface area (Å²) in [6.45, 7) is 2.52. The van der Waals surface area contributed by atoms with E-state index in [-0.39, 0.29) is 18.9 Å². The number of nitrogens with zero attached hydrogens (tertiary/aromatic N) is 3. The Balaban J connectivity index is 1.71. The number of halogens is 3. The van der Waals surface area contributed by atoms with Crippen molar-refractivity contribution < 1.29 is 23.1 Å². The first-order chi connectivity index (χ1) is 13.3. The fourth-order valence-corrected chi connectivity index (χ4v) is 3.54. The van der Waals surface area contributed by atoms with Crippen molar-refractivity contribution in [3.63, 3.8) is 0 Å². The maximum absolute atomic E-state index is 13.0. The van der Waals surface area contributed by atoms with E-state index < -0.39 is 23.9 Å². The van der Waals surface area contributed by atoms with Crippen LogP contribution in [0.5, 0.6) is 0 Å². The van der Waals surface area contributed by atoms with E-state index >= 15 is 0 Å². The molecule has 0 spiro atoms. The molecule has 2 heterocycles. The number of aromatic nitrogens is 2. The summed E-state index contributed by atoms with van der Waals surface area (Å²) in [5.41, 5.74) is 0.877. The van der Waals surface area contributed by atoms with Gasteiger partial charge in [-0.25, -0.2) is 0 Å².